The third-order valence-electron chi connectivity index (χ3n) is 1.80. The zero-order valence-corrected chi connectivity index (χ0v) is 10.5. The molecule has 0 aromatic carbocycles. The van der Waals surface area contributed by atoms with E-state index in [9.17, 15) is 0 Å². The largest absolute Gasteiger partial charge is 0.364 e. The standard InChI is InChI=1S/C10H13IN2/c1-9(7-12)8-13(4)10(2,3)5-6-11/h8H,1-4H3/b9-8-. The molecule has 0 aromatic rings. The van der Waals surface area contributed by atoms with E-state index in [1.54, 1.807) is 13.1 Å². The molecule has 0 heterocycles. The van der Waals surface area contributed by atoms with Gasteiger partial charge in [-0.05, 0) is 24.7 Å². The molecular formula is C10H13IN2. The average Bonchev–Trinajstić information content (AvgIpc) is 2.04. The van der Waals surface area contributed by atoms with Crippen LogP contribution in [0.1, 0.15) is 20.8 Å². The van der Waals surface area contributed by atoms with Gasteiger partial charge in [-0.2, -0.15) is 5.26 Å². The maximum atomic E-state index is 8.60. The number of hydrogen-bond acceptors (Lipinski definition) is 2. The molecule has 13 heavy (non-hydrogen) atoms. The lowest BCUT2D eigenvalue weighted by molar-refractivity contribution is 0.297. The van der Waals surface area contributed by atoms with Crippen LogP contribution in [0.25, 0.3) is 0 Å². The van der Waals surface area contributed by atoms with Crippen LogP contribution in [-0.4, -0.2) is 17.5 Å². The number of nitrogens with zero attached hydrogens (tertiary/aromatic N) is 2. The minimum Gasteiger partial charge on any atom is -0.364 e. The summed E-state index contributed by atoms with van der Waals surface area (Å²) in [6.45, 7) is 5.81. The molecule has 0 saturated heterocycles. The van der Waals surface area contributed by atoms with Crippen LogP contribution in [0.15, 0.2) is 11.8 Å². The van der Waals surface area contributed by atoms with Crippen molar-refractivity contribution in [2.45, 2.75) is 26.3 Å². The molecule has 0 rings (SSSR count). The van der Waals surface area contributed by atoms with Crippen LogP contribution < -0.4 is 0 Å². The van der Waals surface area contributed by atoms with Gasteiger partial charge in [-0.15, -0.1) is 0 Å². The van der Waals surface area contributed by atoms with Gasteiger partial charge in [0, 0.05) is 41.4 Å². The Hall–Kier alpha value is -0.680. The number of allylic oxidation sites excluding steroid dienone is 1. The molecule has 2 nitrogen and oxygen atoms in total. The molecule has 0 amide bonds. The molecule has 0 aliphatic rings. The predicted molar refractivity (Wildman–Crippen MR) is 63.0 cm³/mol. The zero-order chi connectivity index (χ0) is 10.5. The van der Waals surface area contributed by atoms with Gasteiger partial charge in [-0.25, -0.2) is 0 Å². The lowest BCUT2D eigenvalue weighted by Gasteiger charge is -2.29. The van der Waals surface area contributed by atoms with Gasteiger partial charge in [0.1, 0.15) is 0 Å². The van der Waals surface area contributed by atoms with Crippen LogP contribution in [0.4, 0.5) is 0 Å². The topological polar surface area (TPSA) is 27.0 Å². The number of halogens is 1. The Bertz CT molecular complexity index is 299. The van der Waals surface area contributed by atoms with Gasteiger partial charge in [-0.3, -0.25) is 0 Å². The number of rotatable bonds is 2. The lowest BCUT2D eigenvalue weighted by atomic mass is 10.1. The predicted octanol–water partition coefficient (Wildman–Crippen LogP) is 2.52. The van der Waals surface area contributed by atoms with Crippen molar-refractivity contribution in [3.8, 4) is 15.9 Å². The molecule has 0 saturated carbocycles. The Morgan fingerprint density at radius 3 is 2.46 bits per heavy atom. The van der Waals surface area contributed by atoms with E-state index in [-0.39, 0.29) is 5.54 Å². The van der Waals surface area contributed by atoms with Crippen molar-refractivity contribution in [3.63, 3.8) is 0 Å². The maximum absolute atomic E-state index is 8.60. The van der Waals surface area contributed by atoms with Gasteiger partial charge in [0.15, 0.2) is 0 Å². The van der Waals surface area contributed by atoms with Gasteiger partial charge < -0.3 is 4.90 Å². The normalized spacial score (nSPS) is 11.2. The molecule has 0 aliphatic heterocycles. The van der Waals surface area contributed by atoms with Gasteiger partial charge in [0.25, 0.3) is 0 Å². The summed E-state index contributed by atoms with van der Waals surface area (Å²) in [6, 6.07) is 2.08. The first-order chi connectivity index (χ1) is 5.94. The molecule has 0 unspecified atom stereocenters. The fourth-order valence-electron chi connectivity index (χ4n) is 0.685. The second-order valence-corrected chi connectivity index (χ2v) is 3.85. The Balaban J connectivity index is 4.68. The van der Waals surface area contributed by atoms with E-state index >= 15 is 0 Å². The third-order valence-corrected chi connectivity index (χ3v) is 2.07. The maximum Gasteiger partial charge on any atom is 0.0959 e. The van der Waals surface area contributed by atoms with Gasteiger partial charge >= 0.3 is 0 Å². The zero-order valence-electron chi connectivity index (χ0n) is 8.35. The molecule has 0 N–H and O–H groups in total. The van der Waals surface area contributed by atoms with Crippen molar-refractivity contribution in [1.29, 1.82) is 5.26 Å². The monoisotopic (exact) mass is 288 g/mol. The summed E-state index contributed by atoms with van der Waals surface area (Å²) in [4.78, 5) is 1.94. The lowest BCUT2D eigenvalue weighted by Crippen LogP contribution is -2.35. The summed E-state index contributed by atoms with van der Waals surface area (Å²) >= 11 is 2.02. The van der Waals surface area contributed by atoms with Crippen molar-refractivity contribution in [3.05, 3.63) is 11.8 Å². The van der Waals surface area contributed by atoms with Gasteiger partial charge in [0.05, 0.1) is 11.6 Å². The SMILES string of the molecule is C/C(C#N)=C/N(C)C(C)(C)C#CI. The first-order valence-electron chi connectivity index (χ1n) is 3.88. The van der Waals surface area contributed by atoms with Crippen LogP contribution in [0.2, 0.25) is 0 Å². The molecule has 70 valence electrons. The van der Waals surface area contributed by atoms with E-state index in [1.807, 2.05) is 48.4 Å². The second-order valence-electron chi connectivity index (χ2n) is 3.31. The van der Waals surface area contributed by atoms with Crippen molar-refractivity contribution in [1.82, 2.24) is 4.90 Å². The molecule has 0 fully saturated rings. The smallest absolute Gasteiger partial charge is 0.0959 e. The quantitative estimate of drug-likeness (QED) is 0.443. The van der Waals surface area contributed by atoms with Crippen LogP contribution in [0.5, 0.6) is 0 Å². The Morgan fingerprint density at radius 2 is 2.08 bits per heavy atom. The molecule has 0 atom stereocenters. The van der Waals surface area contributed by atoms with E-state index in [0.717, 1.165) is 0 Å². The molecular weight excluding hydrogens is 275 g/mol. The Labute approximate surface area is 93.7 Å². The molecule has 0 aliphatic carbocycles. The van der Waals surface area contributed by atoms with Gasteiger partial charge in [0.2, 0.25) is 0 Å². The van der Waals surface area contributed by atoms with Crippen LogP contribution in [0.3, 0.4) is 0 Å². The van der Waals surface area contributed by atoms with E-state index in [0.29, 0.717) is 5.57 Å². The van der Waals surface area contributed by atoms with E-state index in [2.05, 4.69) is 15.9 Å². The highest BCUT2D eigenvalue weighted by Crippen LogP contribution is 2.12. The van der Waals surface area contributed by atoms with Crippen LogP contribution >= 0.6 is 22.6 Å². The van der Waals surface area contributed by atoms with Crippen LogP contribution in [0, 0.1) is 21.2 Å². The summed E-state index contributed by atoms with van der Waals surface area (Å²) in [7, 11) is 1.92. The Morgan fingerprint density at radius 1 is 1.54 bits per heavy atom. The number of hydrogen-bond donors (Lipinski definition) is 0. The molecule has 0 radical (unpaired) electrons. The summed E-state index contributed by atoms with van der Waals surface area (Å²) in [6.07, 6.45) is 1.81. The fraction of sp³-hybridized carbons (Fsp3) is 0.500. The highest BCUT2D eigenvalue weighted by atomic mass is 127. The highest BCUT2D eigenvalue weighted by Gasteiger charge is 2.17. The highest BCUT2D eigenvalue weighted by molar-refractivity contribution is 14.1. The summed E-state index contributed by atoms with van der Waals surface area (Å²) < 4.78 is 2.85. The fourth-order valence-corrected chi connectivity index (χ4v) is 1.34. The first kappa shape index (κ1) is 12.3. The van der Waals surface area contributed by atoms with Crippen molar-refractivity contribution in [2.75, 3.05) is 7.05 Å². The summed E-state index contributed by atoms with van der Waals surface area (Å²) in [5, 5.41) is 8.60. The summed E-state index contributed by atoms with van der Waals surface area (Å²) in [5.74, 6) is 3.06. The minimum absolute atomic E-state index is 0.223. The number of nitriles is 1. The van der Waals surface area contributed by atoms with E-state index in [4.69, 9.17) is 5.26 Å². The molecule has 0 aromatic heterocycles. The second kappa shape index (κ2) is 5.14. The minimum atomic E-state index is -0.223. The Kier molecular flexibility index (Phi) is 4.87. The molecule has 3 heteroatoms. The van der Waals surface area contributed by atoms with Gasteiger partial charge in [-0.1, -0.05) is 5.92 Å². The molecule has 0 spiro atoms. The first-order valence-corrected chi connectivity index (χ1v) is 4.96. The average molecular weight is 288 g/mol. The van der Waals surface area contributed by atoms with Crippen molar-refractivity contribution >= 4 is 22.6 Å². The molecule has 0 bridgehead atoms. The third kappa shape index (κ3) is 4.19. The summed E-state index contributed by atoms with van der Waals surface area (Å²) in [5.41, 5.74) is 0.463. The van der Waals surface area contributed by atoms with Crippen LogP contribution in [-0.2, 0) is 0 Å². The van der Waals surface area contributed by atoms with E-state index in [1.165, 1.54) is 0 Å². The van der Waals surface area contributed by atoms with Crippen molar-refractivity contribution in [2.24, 2.45) is 0 Å². The van der Waals surface area contributed by atoms with E-state index < -0.39 is 0 Å². The van der Waals surface area contributed by atoms with Crippen molar-refractivity contribution < 1.29 is 0 Å².